The molecule has 0 bridgehead atoms. The maximum absolute atomic E-state index is 11.8. The standard InChI is InChI=1S/C26H29NO4/c1-15-12-23(31-6)26-19(8-7-9-21(26)29-4)24(15)18-10-11-22(30-5)25-17(3)27(14-28)16(2)13-20(18)25/h7-12,14,16-17H,13H2,1-6H3. The average Bonchev–Trinajstić information content (AvgIpc) is 2.78. The van der Waals surface area contributed by atoms with Crippen LogP contribution in [0.4, 0.5) is 0 Å². The number of carbonyl (C=O) groups is 1. The van der Waals surface area contributed by atoms with Crippen molar-refractivity contribution in [1.82, 2.24) is 4.90 Å². The predicted octanol–water partition coefficient (Wildman–Crippen LogP) is 5.31. The Morgan fingerprint density at radius 1 is 0.968 bits per heavy atom. The molecule has 4 rings (SSSR count). The van der Waals surface area contributed by atoms with Gasteiger partial charge in [-0.3, -0.25) is 4.79 Å². The van der Waals surface area contributed by atoms with Crippen LogP contribution in [0.25, 0.3) is 21.9 Å². The quantitative estimate of drug-likeness (QED) is 0.526. The first-order valence-corrected chi connectivity index (χ1v) is 10.5. The van der Waals surface area contributed by atoms with Crippen LogP contribution in [-0.2, 0) is 11.2 Å². The van der Waals surface area contributed by atoms with Gasteiger partial charge in [0.05, 0.1) is 32.8 Å². The molecule has 31 heavy (non-hydrogen) atoms. The van der Waals surface area contributed by atoms with Gasteiger partial charge in [0.2, 0.25) is 6.41 Å². The average molecular weight is 420 g/mol. The van der Waals surface area contributed by atoms with Gasteiger partial charge in [-0.2, -0.15) is 0 Å². The third-order valence-corrected chi connectivity index (χ3v) is 6.53. The van der Waals surface area contributed by atoms with Gasteiger partial charge in [0.25, 0.3) is 0 Å². The van der Waals surface area contributed by atoms with Gasteiger partial charge in [-0.05, 0) is 73.0 Å². The number of rotatable bonds is 5. The highest BCUT2D eigenvalue weighted by Gasteiger charge is 2.33. The highest BCUT2D eigenvalue weighted by Crippen LogP contribution is 2.47. The van der Waals surface area contributed by atoms with Gasteiger partial charge in [0.15, 0.2) is 0 Å². The Morgan fingerprint density at radius 3 is 2.32 bits per heavy atom. The number of fused-ring (bicyclic) bond motifs is 2. The van der Waals surface area contributed by atoms with Gasteiger partial charge in [0, 0.05) is 11.6 Å². The summed E-state index contributed by atoms with van der Waals surface area (Å²) < 4.78 is 17.1. The number of ether oxygens (including phenoxy) is 3. The third-order valence-electron chi connectivity index (χ3n) is 6.53. The van der Waals surface area contributed by atoms with Crippen LogP contribution in [0.15, 0.2) is 36.4 Å². The molecule has 0 saturated carbocycles. The number of methoxy groups -OCH3 is 3. The van der Waals surface area contributed by atoms with Crippen molar-refractivity contribution in [3.63, 3.8) is 0 Å². The first kappa shape index (κ1) is 21.0. The van der Waals surface area contributed by atoms with Crippen LogP contribution in [0.1, 0.15) is 36.6 Å². The highest BCUT2D eigenvalue weighted by atomic mass is 16.5. The van der Waals surface area contributed by atoms with Crippen molar-refractivity contribution in [3.8, 4) is 28.4 Å². The monoisotopic (exact) mass is 419 g/mol. The highest BCUT2D eigenvalue weighted by molar-refractivity contribution is 6.05. The molecule has 0 aromatic heterocycles. The van der Waals surface area contributed by atoms with E-state index in [0.717, 1.165) is 57.5 Å². The van der Waals surface area contributed by atoms with Crippen LogP contribution in [-0.4, -0.2) is 38.7 Å². The molecule has 2 atom stereocenters. The second-order valence-electron chi connectivity index (χ2n) is 8.14. The van der Waals surface area contributed by atoms with E-state index in [-0.39, 0.29) is 12.1 Å². The Kier molecular flexibility index (Phi) is 5.52. The van der Waals surface area contributed by atoms with Crippen LogP contribution in [0.3, 0.4) is 0 Å². The number of hydrogen-bond acceptors (Lipinski definition) is 4. The molecule has 5 heteroatoms. The molecule has 1 amide bonds. The molecule has 2 unspecified atom stereocenters. The first-order valence-electron chi connectivity index (χ1n) is 10.5. The maximum Gasteiger partial charge on any atom is 0.210 e. The Hall–Kier alpha value is -3.21. The zero-order chi connectivity index (χ0) is 22.3. The van der Waals surface area contributed by atoms with Gasteiger partial charge < -0.3 is 19.1 Å². The summed E-state index contributed by atoms with van der Waals surface area (Å²) in [7, 11) is 5.05. The van der Waals surface area contributed by atoms with E-state index in [9.17, 15) is 4.79 Å². The number of hydrogen-bond donors (Lipinski definition) is 0. The summed E-state index contributed by atoms with van der Waals surface area (Å²) in [6.07, 6.45) is 1.71. The van der Waals surface area contributed by atoms with Crippen molar-refractivity contribution in [2.24, 2.45) is 0 Å². The fraction of sp³-hybridized carbons (Fsp3) is 0.346. The Balaban J connectivity index is 2.08. The SMILES string of the molecule is COc1ccc(-c2c(C)cc(OC)c3c(OC)cccc23)c2c1C(C)N(C=O)C(C)C2. The summed E-state index contributed by atoms with van der Waals surface area (Å²) in [5.74, 6) is 2.40. The van der Waals surface area contributed by atoms with Crippen LogP contribution in [0.5, 0.6) is 17.2 Å². The van der Waals surface area contributed by atoms with E-state index in [1.165, 1.54) is 11.1 Å². The Labute approximate surface area is 183 Å². The van der Waals surface area contributed by atoms with E-state index in [2.05, 4.69) is 39.0 Å². The molecule has 0 saturated heterocycles. The third kappa shape index (κ3) is 3.19. The largest absolute Gasteiger partial charge is 0.496 e. The lowest BCUT2D eigenvalue weighted by Gasteiger charge is -2.39. The van der Waals surface area contributed by atoms with Crippen molar-refractivity contribution in [2.45, 2.75) is 39.3 Å². The van der Waals surface area contributed by atoms with Gasteiger partial charge >= 0.3 is 0 Å². The van der Waals surface area contributed by atoms with E-state index in [4.69, 9.17) is 14.2 Å². The van der Waals surface area contributed by atoms with E-state index in [0.29, 0.717) is 0 Å². The summed E-state index contributed by atoms with van der Waals surface area (Å²) in [5.41, 5.74) is 5.76. The minimum absolute atomic E-state index is 0.0643. The number of carbonyl (C=O) groups excluding carboxylic acids is 1. The lowest BCUT2D eigenvalue weighted by Crippen LogP contribution is -2.40. The fourth-order valence-corrected chi connectivity index (χ4v) is 5.10. The number of nitrogens with zero attached hydrogens (tertiary/aromatic N) is 1. The second-order valence-corrected chi connectivity index (χ2v) is 8.14. The smallest absolute Gasteiger partial charge is 0.210 e. The van der Waals surface area contributed by atoms with E-state index in [1.807, 2.05) is 23.1 Å². The minimum Gasteiger partial charge on any atom is -0.496 e. The zero-order valence-electron chi connectivity index (χ0n) is 19.0. The molecule has 0 spiro atoms. The van der Waals surface area contributed by atoms with Crippen molar-refractivity contribution in [1.29, 1.82) is 0 Å². The van der Waals surface area contributed by atoms with Crippen LogP contribution >= 0.6 is 0 Å². The van der Waals surface area contributed by atoms with Crippen molar-refractivity contribution < 1.29 is 19.0 Å². The summed E-state index contributed by atoms with van der Waals surface area (Å²) in [5, 5.41) is 2.05. The van der Waals surface area contributed by atoms with Crippen LogP contribution < -0.4 is 14.2 Å². The molecular formula is C26H29NO4. The zero-order valence-corrected chi connectivity index (χ0v) is 19.0. The summed E-state index contributed by atoms with van der Waals surface area (Å²) in [4.78, 5) is 13.6. The van der Waals surface area contributed by atoms with Crippen molar-refractivity contribution in [2.75, 3.05) is 21.3 Å². The number of amides is 1. The molecule has 1 heterocycles. The summed E-state index contributed by atoms with van der Waals surface area (Å²) >= 11 is 0. The normalized spacial score (nSPS) is 17.9. The van der Waals surface area contributed by atoms with Gasteiger partial charge in [-0.1, -0.05) is 18.2 Å². The van der Waals surface area contributed by atoms with Crippen LogP contribution in [0.2, 0.25) is 0 Å². The topological polar surface area (TPSA) is 48.0 Å². The summed E-state index contributed by atoms with van der Waals surface area (Å²) in [6.45, 7) is 6.27. The molecule has 3 aromatic carbocycles. The van der Waals surface area contributed by atoms with Gasteiger partial charge in [0.1, 0.15) is 17.2 Å². The van der Waals surface area contributed by atoms with Gasteiger partial charge in [-0.25, -0.2) is 0 Å². The lowest BCUT2D eigenvalue weighted by atomic mass is 9.81. The molecule has 5 nitrogen and oxygen atoms in total. The molecule has 0 aliphatic carbocycles. The molecule has 162 valence electrons. The molecule has 1 aliphatic heterocycles. The Bertz CT molecular complexity index is 1150. The molecule has 0 fully saturated rings. The fourth-order valence-electron chi connectivity index (χ4n) is 5.10. The molecular weight excluding hydrogens is 390 g/mol. The second kappa shape index (κ2) is 8.14. The van der Waals surface area contributed by atoms with Crippen molar-refractivity contribution in [3.05, 3.63) is 53.1 Å². The van der Waals surface area contributed by atoms with Gasteiger partial charge in [-0.15, -0.1) is 0 Å². The molecule has 1 aliphatic rings. The first-order chi connectivity index (χ1) is 15.0. The Morgan fingerprint density at radius 2 is 1.68 bits per heavy atom. The summed E-state index contributed by atoms with van der Waals surface area (Å²) in [6, 6.07) is 12.4. The van der Waals surface area contributed by atoms with Crippen LogP contribution in [0, 0.1) is 6.92 Å². The molecule has 0 N–H and O–H groups in total. The number of aryl methyl sites for hydroxylation is 1. The number of benzene rings is 3. The predicted molar refractivity (Wildman–Crippen MR) is 123 cm³/mol. The van der Waals surface area contributed by atoms with E-state index < -0.39 is 0 Å². The molecule has 0 radical (unpaired) electrons. The van der Waals surface area contributed by atoms with E-state index in [1.54, 1.807) is 21.3 Å². The maximum atomic E-state index is 11.8. The van der Waals surface area contributed by atoms with E-state index >= 15 is 0 Å². The lowest BCUT2D eigenvalue weighted by molar-refractivity contribution is -0.122. The molecule has 3 aromatic rings. The minimum atomic E-state index is -0.0643. The van der Waals surface area contributed by atoms with Crippen molar-refractivity contribution >= 4 is 17.2 Å².